The lowest BCUT2D eigenvalue weighted by Crippen LogP contribution is -2.16. The van der Waals surface area contributed by atoms with Crippen LogP contribution in [-0.4, -0.2) is 27.0 Å². The molecule has 2 aromatic heterocycles. The number of hydrogen-bond acceptors (Lipinski definition) is 4. The van der Waals surface area contributed by atoms with Crippen molar-refractivity contribution in [3.8, 4) is 0 Å². The van der Waals surface area contributed by atoms with E-state index in [1.165, 1.54) is 18.2 Å². The number of aromatic nitrogens is 2. The predicted molar refractivity (Wildman–Crippen MR) is 72.9 cm³/mol. The second-order valence-electron chi connectivity index (χ2n) is 4.25. The van der Waals surface area contributed by atoms with Crippen molar-refractivity contribution in [2.45, 2.75) is 13.8 Å². The highest BCUT2D eigenvalue weighted by Crippen LogP contribution is 2.13. The summed E-state index contributed by atoms with van der Waals surface area (Å²) in [5.74, 6) is -1.64. The minimum atomic E-state index is -1.17. The van der Waals surface area contributed by atoms with E-state index in [4.69, 9.17) is 5.11 Å². The van der Waals surface area contributed by atoms with Gasteiger partial charge in [0.25, 0.3) is 5.91 Å². The van der Waals surface area contributed by atoms with Gasteiger partial charge in [-0.15, -0.1) is 0 Å². The number of amides is 1. The topological polar surface area (TPSA) is 92.2 Å². The summed E-state index contributed by atoms with van der Waals surface area (Å²) in [6.07, 6.45) is 0. The predicted octanol–water partition coefficient (Wildman–Crippen LogP) is 2.04. The van der Waals surface area contributed by atoms with Crippen LogP contribution in [0.3, 0.4) is 0 Å². The summed E-state index contributed by atoms with van der Waals surface area (Å²) >= 11 is 0. The van der Waals surface area contributed by atoms with Crippen molar-refractivity contribution in [1.29, 1.82) is 0 Å². The van der Waals surface area contributed by atoms with E-state index in [1.54, 1.807) is 19.1 Å². The van der Waals surface area contributed by atoms with Crippen LogP contribution in [0, 0.1) is 13.8 Å². The van der Waals surface area contributed by atoms with E-state index in [0.717, 1.165) is 5.69 Å². The molecule has 6 nitrogen and oxygen atoms in total. The van der Waals surface area contributed by atoms with E-state index in [2.05, 4.69) is 15.3 Å². The fourth-order valence-electron chi connectivity index (χ4n) is 1.69. The molecule has 102 valence electrons. The standard InChI is InChI=1S/C14H13N3O3/c1-8-6-7-10(9(2)15-8)17-13(18)11-4-3-5-12(16-11)14(19)20/h3-7H,1-2H3,(H,17,18)(H,19,20). The van der Waals surface area contributed by atoms with Crippen molar-refractivity contribution < 1.29 is 14.7 Å². The van der Waals surface area contributed by atoms with E-state index in [9.17, 15) is 9.59 Å². The summed E-state index contributed by atoms with van der Waals surface area (Å²) in [7, 11) is 0. The number of aryl methyl sites for hydroxylation is 2. The van der Waals surface area contributed by atoms with Gasteiger partial charge < -0.3 is 10.4 Å². The number of anilines is 1. The zero-order chi connectivity index (χ0) is 14.7. The van der Waals surface area contributed by atoms with Crippen LogP contribution in [-0.2, 0) is 0 Å². The van der Waals surface area contributed by atoms with Crippen molar-refractivity contribution in [2.24, 2.45) is 0 Å². The molecule has 0 aliphatic rings. The minimum Gasteiger partial charge on any atom is -0.477 e. The van der Waals surface area contributed by atoms with E-state index in [0.29, 0.717) is 11.4 Å². The van der Waals surface area contributed by atoms with E-state index in [1.807, 2.05) is 6.92 Å². The number of nitrogens with one attached hydrogen (secondary N) is 1. The Morgan fingerprint density at radius 3 is 2.40 bits per heavy atom. The maximum Gasteiger partial charge on any atom is 0.354 e. The van der Waals surface area contributed by atoms with Crippen LogP contribution in [0.15, 0.2) is 30.3 Å². The first-order valence-electron chi connectivity index (χ1n) is 5.93. The van der Waals surface area contributed by atoms with Gasteiger partial charge in [0.2, 0.25) is 0 Å². The number of carbonyl (C=O) groups excluding carboxylic acids is 1. The largest absolute Gasteiger partial charge is 0.477 e. The SMILES string of the molecule is Cc1ccc(NC(=O)c2cccc(C(=O)O)n2)c(C)n1. The Morgan fingerprint density at radius 1 is 1.05 bits per heavy atom. The van der Waals surface area contributed by atoms with Crippen LogP contribution in [0.2, 0.25) is 0 Å². The highest BCUT2D eigenvalue weighted by molar-refractivity contribution is 6.03. The van der Waals surface area contributed by atoms with Crippen molar-refractivity contribution in [3.05, 3.63) is 53.1 Å². The van der Waals surface area contributed by atoms with Crippen molar-refractivity contribution in [2.75, 3.05) is 5.32 Å². The number of carboxylic acid groups (broad SMARTS) is 1. The van der Waals surface area contributed by atoms with Crippen LogP contribution in [0.25, 0.3) is 0 Å². The lowest BCUT2D eigenvalue weighted by molar-refractivity contribution is 0.0690. The van der Waals surface area contributed by atoms with Gasteiger partial charge in [0.05, 0.1) is 11.4 Å². The van der Waals surface area contributed by atoms with Crippen LogP contribution in [0.5, 0.6) is 0 Å². The Bertz CT molecular complexity index is 683. The number of carbonyl (C=O) groups is 2. The molecular weight excluding hydrogens is 258 g/mol. The fourth-order valence-corrected chi connectivity index (χ4v) is 1.69. The third-order valence-electron chi connectivity index (χ3n) is 2.67. The van der Waals surface area contributed by atoms with E-state index in [-0.39, 0.29) is 11.4 Å². The molecular formula is C14H13N3O3. The quantitative estimate of drug-likeness (QED) is 0.891. The molecule has 0 aliphatic heterocycles. The molecule has 0 aliphatic carbocycles. The smallest absolute Gasteiger partial charge is 0.354 e. The second kappa shape index (κ2) is 5.48. The Balaban J connectivity index is 2.24. The monoisotopic (exact) mass is 271 g/mol. The molecule has 1 amide bonds. The maximum atomic E-state index is 12.0. The lowest BCUT2D eigenvalue weighted by Gasteiger charge is -2.08. The van der Waals surface area contributed by atoms with E-state index >= 15 is 0 Å². The zero-order valence-electron chi connectivity index (χ0n) is 11.0. The molecule has 0 aromatic carbocycles. The van der Waals surface area contributed by atoms with Crippen molar-refractivity contribution in [1.82, 2.24) is 9.97 Å². The summed E-state index contributed by atoms with van der Waals surface area (Å²) < 4.78 is 0. The van der Waals surface area contributed by atoms with Gasteiger partial charge in [-0.2, -0.15) is 0 Å². The minimum absolute atomic E-state index is 0.0462. The molecule has 0 unspecified atom stereocenters. The zero-order valence-corrected chi connectivity index (χ0v) is 11.0. The summed E-state index contributed by atoms with van der Waals surface area (Å²) in [6, 6.07) is 7.79. The number of rotatable bonds is 3. The summed E-state index contributed by atoms with van der Waals surface area (Å²) in [5, 5.41) is 11.5. The maximum absolute atomic E-state index is 12.0. The van der Waals surface area contributed by atoms with Crippen LogP contribution in [0.1, 0.15) is 32.4 Å². The van der Waals surface area contributed by atoms with Crippen molar-refractivity contribution in [3.63, 3.8) is 0 Å². The summed E-state index contributed by atoms with van der Waals surface area (Å²) in [6.45, 7) is 3.64. The molecule has 0 saturated heterocycles. The third-order valence-corrected chi connectivity index (χ3v) is 2.67. The molecule has 0 saturated carbocycles. The number of hydrogen-bond donors (Lipinski definition) is 2. The number of nitrogens with zero attached hydrogens (tertiary/aromatic N) is 2. The molecule has 2 aromatic rings. The Labute approximate surface area is 115 Å². The molecule has 0 spiro atoms. The van der Waals surface area contributed by atoms with Gasteiger partial charge in [0, 0.05) is 5.69 Å². The fraction of sp³-hybridized carbons (Fsp3) is 0.143. The van der Waals surface area contributed by atoms with Gasteiger partial charge in [0.1, 0.15) is 11.4 Å². The first-order valence-corrected chi connectivity index (χ1v) is 5.93. The average molecular weight is 271 g/mol. The first kappa shape index (κ1) is 13.7. The highest BCUT2D eigenvalue weighted by Gasteiger charge is 2.12. The normalized spacial score (nSPS) is 10.1. The van der Waals surface area contributed by atoms with E-state index < -0.39 is 11.9 Å². The van der Waals surface area contributed by atoms with Gasteiger partial charge in [-0.3, -0.25) is 9.78 Å². The molecule has 0 radical (unpaired) electrons. The molecule has 2 N–H and O–H groups in total. The van der Waals surface area contributed by atoms with Gasteiger partial charge >= 0.3 is 5.97 Å². The van der Waals surface area contributed by atoms with Gasteiger partial charge in [-0.05, 0) is 38.1 Å². The Morgan fingerprint density at radius 2 is 1.75 bits per heavy atom. The molecule has 20 heavy (non-hydrogen) atoms. The van der Waals surface area contributed by atoms with Crippen LogP contribution in [0.4, 0.5) is 5.69 Å². The molecule has 0 atom stereocenters. The molecule has 2 rings (SSSR count). The first-order chi connectivity index (χ1) is 9.47. The average Bonchev–Trinajstić information content (AvgIpc) is 2.42. The summed E-state index contributed by atoms with van der Waals surface area (Å²) in [5.41, 5.74) is 1.99. The van der Waals surface area contributed by atoms with Crippen LogP contribution >= 0.6 is 0 Å². The Kier molecular flexibility index (Phi) is 3.74. The lowest BCUT2D eigenvalue weighted by atomic mass is 10.2. The number of aromatic carboxylic acids is 1. The molecule has 2 heterocycles. The molecule has 0 bridgehead atoms. The van der Waals surface area contributed by atoms with Crippen molar-refractivity contribution >= 4 is 17.6 Å². The highest BCUT2D eigenvalue weighted by atomic mass is 16.4. The van der Waals surface area contributed by atoms with Crippen LogP contribution < -0.4 is 5.32 Å². The second-order valence-corrected chi connectivity index (χ2v) is 4.25. The number of pyridine rings is 2. The third kappa shape index (κ3) is 2.97. The summed E-state index contributed by atoms with van der Waals surface area (Å²) in [4.78, 5) is 30.9. The Hall–Kier alpha value is -2.76. The molecule has 6 heteroatoms. The van der Waals surface area contributed by atoms with Gasteiger partial charge in [0.15, 0.2) is 0 Å². The van der Waals surface area contributed by atoms with Gasteiger partial charge in [-0.25, -0.2) is 9.78 Å². The molecule has 0 fully saturated rings. The number of carboxylic acids is 1. The van der Waals surface area contributed by atoms with Gasteiger partial charge in [-0.1, -0.05) is 6.07 Å².